The summed E-state index contributed by atoms with van der Waals surface area (Å²) in [6.45, 7) is 0. The van der Waals surface area contributed by atoms with E-state index in [-0.39, 0.29) is 5.82 Å². The Hall–Kier alpha value is -0.970. The predicted molar refractivity (Wildman–Crippen MR) is 62.3 cm³/mol. The van der Waals surface area contributed by atoms with Crippen LogP contribution in [-0.4, -0.2) is 4.98 Å². The van der Waals surface area contributed by atoms with Gasteiger partial charge in [-0.05, 0) is 34.2 Å². The van der Waals surface area contributed by atoms with Crippen LogP contribution in [0.25, 0.3) is 11.1 Å². The van der Waals surface area contributed by atoms with Crippen LogP contribution in [0.1, 0.15) is 0 Å². The second-order valence-corrected chi connectivity index (χ2v) is 3.85. The Bertz CT molecular complexity index is 442. The highest BCUT2D eigenvalue weighted by Gasteiger charge is 2.07. The predicted octanol–water partition coefficient (Wildman–Crippen LogP) is 3.49. The first-order chi connectivity index (χ1) is 6.79. The zero-order valence-electron chi connectivity index (χ0n) is 7.24. The lowest BCUT2D eigenvalue weighted by Gasteiger charge is -2.03. The first-order valence-electron chi connectivity index (χ1n) is 4.14. The van der Waals surface area contributed by atoms with Gasteiger partial charge >= 0.3 is 0 Å². The zero-order chi connectivity index (χ0) is 9.97. The van der Waals surface area contributed by atoms with E-state index in [1.165, 1.54) is 0 Å². The van der Waals surface area contributed by atoms with Crippen molar-refractivity contribution in [2.45, 2.75) is 0 Å². The number of hydrogen-bond donors (Lipinski definition) is 0. The summed E-state index contributed by atoms with van der Waals surface area (Å²) in [5.74, 6) is -0.251. The van der Waals surface area contributed by atoms with Crippen LogP contribution in [0, 0.1) is 9.52 Å². The van der Waals surface area contributed by atoms with E-state index in [1.54, 1.807) is 12.3 Å². The Morgan fingerprint density at radius 1 is 1.07 bits per heavy atom. The second-order valence-electron chi connectivity index (χ2n) is 2.83. The maximum atomic E-state index is 13.6. The second kappa shape index (κ2) is 4.04. The van der Waals surface area contributed by atoms with Crippen molar-refractivity contribution in [1.29, 1.82) is 0 Å². The minimum atomic E-state index is -0.251. The van der Waals surface area contributed by atoms with Crippen molar-refractivity contribution in [1.82, 2.24) is 4.98 Å². The molecular formula is C11H7FIN. The van der Waals surface area contributed by atoms with Crippen LogP contribution in [0.4, 0.5) is 4.39 Å². The monoisotopic (exact) mass is 299 g/mol. The lowest BCUT2D eigenvalue weighted by Crippen LogP contribution is -1.90. The van der Waals surface area contributed by atoms with E-state index in [9.17, 15) is 4.39 Å². The smallest absolute Gasteiger partial charge is 0.162 e. The minimum Gasteiger partial charge on any atom is -0.247 e. The van der Waals surface area contributed by atoms with E-state index >= 15 is 0 Å². The zero-order valence-corrected chi connectivity index (χ0v) is 9.40. The highest BCUT2D eigenvalue weighted by molar-refractivity contribution is 14.1. The van der Waals surface area contributed by atoms with E-state index in [1.807, 2.05) is 52.9 Å². The van der Waals surface area contributed by atoms with Gasteiger partial charge in [-0.2, -0.15) is 0 Å². The van der Waals surface area contributed by atoms with Crippen LogP contribution in [0.2, 0.25) is 0 Å². The van der Waals surface area contributed by atoms with Gasteiger partial charge in [-0.1, -0.05) is 30.3 Å². The Morgan fingerprint density at radius 3 is 2.50 bits per heavy atom. The summed E-state index contributed by atoms with van der Waals surface area (Å²) < 4.78 is 14.0. The van der Waals surface area contributed by atoms with Crippen LogP contribution in [0.5, 0.6) is 0 Å². The van der Waals surface area contributed by atoms with E-state index in [2.05, 4.69) is 4.98 Å². The van der Waals surface area contributed by atoms with Crippen molar-refractivity contribution in [3.05, 3.63) is 52.1 Å². The summed E-state index contributed by atoms with van der Waals surface area (Å²) in [5, 5.41) is 0. The van der Waals surface area contributed by atoms with Crippen molar-refractivity contribution in [3.8, 4) is 11.1 Å². The molecule has 1 nitrogen and oxygen atoms in total. The molecule has 0 atom stereocenters. The molecule has 14 heavy (non-hydrogen) atoms. The van der Waals surface area contributed by atoms with Gasteiger partial charge in [-0.25, -0.2) is 9.37 Å². The normalized spacial score (nSPS) is 10.1. The Kier molecular flexibility index (Phi) is 2.77. The van der Waals surface area contributed by atoms with Crippen LogP contribution < -0.4 is 0 Å². The molecule has 0 saturated carbocycles. The summed E-state index contributed by atoms with van der Waals surface area (Å²) >= 11 is 1.89. The van der Waals surface area contributed by atoms with Gasteiger partial charge in [0, 0.05) is 11.8 Å². The quantitative estimate of drug-likeness (QED) is 0.580. The van der Waals surface area contributed by atoms with Crippen molar-refractivity contribution in [2.24, 2.45) is 0 Å². The highest BCUT2D eigenvalue weighted by atomic mass is 127. The summed E-state index contributed by atoms with van der Waals surface area (Å²) in [4.78, 5) is 3.88. The average molecular weight is 299 g/mol. The van der Waals surface area contributed by atoms with E-state index in [0.717, 1.165) is 5.56 Å². The molecule has 2 rings (SSSR count). The minimum absolute atomic E-state index is 0.251. The van der Waals surface area contributed by atoms with Crippen molar-refractivity contribution < 1.29 is 4.39 Å². The van der Waals surface area contributed by atoms with Gasteiger partial charge in [0.1, 0.15) is 3.70 Å². The van der Waals surface area contributed by atoms with Gasteiger partial charge < -0.3 is 0 Å². The van der Waals surface area contributed by atoms with Gasteiger partial charge in [-0.15, -0.1) is 0 Å². The van der Waals surface area contributed by atoms with Crippen molar-refractivity contribution >= 4 is 22.6 Å². The van der Waals surface area contributed by atoms with Gasteiger partial charge in [0.25, 0.3) is 0 Å². The summed E-state index contributed by atoms with van der Waals surface area (Å²) in [7, 11) is 0. The van der Waals surface area contributed by atoms with Crippen molar-refractivity contribution in [3.63, 3.8) is 0 Å². The number of rotatable bonds is 1. The first-order valence-corrected chi connectivity index (χ1v) is 5.22. The number of benzene rings is 1. The molecule has 0 aliphatic carbocycles. The number of nitrogens with zero attached hydrogens (tertiary/aromatic N) is 1. The van der Waals surface area contributed by atoms with Crippen LogP contribution in [0.3, 0.4) is 0 Å². The van der Waals surface area contributed by atoms with E-state index in [0.29, 0.717) is 9.26 Å². The molecule has 70 valence electrons. The molecule has 0 bridgehead atoms. The fraction of sp³-hybridized carbons (Fsp3) is 0. The standard InChI is InChI=1S/C11H7FIN/c12-10-9(6-7-14-11(10)13)8-4-2-1-3-5-8/h1-7H. The van der Waals surface area contributed by atoms with Crippen LogP contribution in [-0.2, 0) is 0 Å². The molecule has 0 aliphatic rings. The van der Waals surface area contributed by atoms with Gasteiger partial charge in [0.15, 0.2) is 5.82 Å². The lowest BCUT2D eigenvalue weighted by molar-refractivity contribution is 0.615. The average Bonchev–Trinajstić information content (AvgIpc) is 2.23. The Labute approximate surface area is 95.1 Å². The number of aromatic nitrogens is 1. The number of hydrogen-bond acceptors (Lipinski definition) is 1. The molecule has 1 heterocycles. The molecule has 0 amide bonds. The Morgan fingerprint density at radius 2 is 1.79 bits per heavy atom. The molecule has 0 radical (unpaired) electrons. The summed E-state index contributed by atoms with van der Waals surface area (Å²) in [6.07, 6.45) is 1.62. The van der Waals surface area contributed by atoms with E-state index in [4.69, 9.17) is 0 Å². The van der Waals surface area contributed by atoms with Crippen LogP contribution in [0.15, 0.2) is 42.6 Å². The maximum absolute atomic E-state index is 13.6. The lowest BCUT2D eigenvalue weighted by atomic mass is 10.1. The summed E-state index contributed by atoms with van der Waals surface area (Å²) in [5.41, 5.74) is 1.48. The molecule has 0 unspecified atom stereocenters. The molecule has 0 saturated heterocycles. The third kappa shape index (κ3) is 1.77. The van der Waals surface area contributed by atoms with Gasteiger partial charge in [0.05, 0.1) is 0 Å². The molecule has 0 aliphatic heterocycles. The molecule has 1 aromatic carbocycles. The van der Waals surface area contributed by atoms with Crippen molar-refractivity contribution in [2.75, 3.05) is 0 Å². The fourth-order valence-corrected chi connectivity index (χ4v) is 1.71. The molecule has 2 aromatic rings. The molecule has 0 fully saturated rings. The third-order valence-electron chi connectivity index (χ3n) is 1.93. The maximum Gasteiger partial charge on any atom is 0.162 e. The molecule has 0 N–H and O–H groups in total. The fourth-order valence-electron chi connectivity index (χ4n) is 1.26. The molecule has 3 heteroatoms. The summed E-state index contributed by atoms with van der Waals surface area (Å²) in [6, 6.07) is 11.1. The first kappa shape index (κ1) is 9.58. The van der Waals surface area contributed by atoms with Crippen LogP contribution >= 0.6 is 22.6 Å². The number of pyridine rings is 1. The number of halogens is 2. The highest BCUT2D eigenvalue weighted by Crippen LogP contribution is 2.23. The molecular weight excluding hydrogens is 292 g/mol. The molecule has 0 spiro atoms. The topological polar surface area (TPSA) is 12.9 Å². The third-order valence-corrected chi connectivity index (χ3v) is 2.68. The van der Waals surface area contributed by atoms with Gasteiger partial charge in [-0.3, -0.25) is 0 Å². The van der Waals surface area contributed by atoms with Gasteiger partial charge in [0.2, 0.25) is 0 Å². The molecule has 1 aromatic heterocycles. The SMILES string of the molecule is Fc1c(-c2ccccc2)ccnc1I. The Balaban J connectivity index is 2.58. The van der Waals surface area contributed by atoms with E-state index < -0.39 is 0 Å². The largest absolute Gasteiger partial charge is 0.247 e.